The first-order valence-corrected chi connectivity index (χ1v) is 5.49. The van der Waals surface area contributed by atoms with Crippen LogP contribution in [0.3, 0.4) is 0 Å². The van der Waals surface area contributed by atoms with E-state index in [0.717, 1.165) is 18.7 Å². The van der Waals surface area contributed by atoms with Crippen LogP contribution in [0.25, 0.3) is 0 Å². The van der Waals surface area contributed by atoms with Crippen LogP contribution in [-0.4, -0.2) is 24.3 Å². The molecule has 4 heteroatoms. The highest BCUT2D eigenvalue weighted by Crippen LogP contribution is 2.19. The van der Waals surface area contributed by atoms with Gasteiger partial charge in [-0.3, -0.25) is 0 Å². The maximum Gasteiger partial charge on any atom is 0.126 e. The third-order valence-electron chi connectivity index (χ3n) is 3.06. The van der Waals surface area contributed by atoms with Crippen LogP contribution in [0.5, 0.6) is 0 Å². The van der Waals surface area contributed by atoms with Gasteiger partial charge in [0.25, 0.3) is 0 Å². The summed E-state index contributed by atoms with van der Waals surface area (Å²) >= 11 is 0. The first-order chi connectivity index (χ1) is 7.66. The summed E-state index contributed by atoms with van der Waals surface area (Å²) in [5.74, 6) is -0.876. The highest BCUT2D eigenvalue weighted by Gasteiger charge is 2.24. The van der Waals surface area contributed by atoms with E-state index in [0.29, 0.717) is 24.9 Å². The molecule has 0 saturated carbocycles. The fourth-order valence-corrected chi connectivity index (χ4v) is 2.10. The summed E-state index contributed by atoms with van der Waals surface area (Å²) in [7, 11) is 0. The van der Waals surface area contributed by atoms with Gasteiger partial charge >= 0.3 is 0 Å². The Balaban J connectivity index is 2.10. The number of hydrogen-bond donors (Lipinski definition) is 2. The zero-order chi connectivity index (χ0) is 11.5. The standard InChI is InChI=1S/C12H15F2NO/c13-10-1-2-11(14)8(6-10)5-9-7-15-4-3-12(9)16/h1-2,6,9,12,15-16H,3-5,7H2. The Hall–Kier alpha value is -1.00. The summed E-state index contributed by atoms with van der Waals surface area (Å²) in [6.07, 6.45) is 0.614. The van der Waals surface area contributed by atoms with Gasteiger partial charge < -0.3 is 10.4 Å². The van der Waals surface area contributed by atoms with Crippen LogP contribution in [0.15, 0.2) is 18.2 Å². The zero-order valence-electron chi connectivity index (χ0n) is 8.92. The molecule has 0 spiro atoms. The Morgan fingerprint density at radius 1 is 1.38 bits per heavy atom. The van der Waals surface area contributed by atoms with E-state index < -0.39 is 17.7 Å². The van der Waals surface area contributed by atoms with Crippen LogP contribution in [0.1, 0.15) is 12.0 Å². The second kappa shape index (κ2) is 4.89. The summed E-state index contributed by atoms with van der Waals surface area (Å²) in [6.45, 7) is 1.43. The van der Waals surface area contributed by atoms with E-state index in [-0.39, 0.29) is 5.92 Å². The van der Waals surface area contributed by atoms with Crippen molar-refractivity contribution in [1.29, 1.82) is 0 Å². The number of aliphatic hydroxyl groups is 1. The van der Waals surface area contributed by atoms with Crippen molar-refractivity contribution >= 4 is 0 Å². The van der Waals surface area contributed by atoms with E-state index in [2.05, 4.69) is 5.32 Å². The number of piperidine rings is 1. The molecule has 1 aliphatic heterocycles. The van der Waals surface area contributed by atoms with Crippen molar-refractivity contribution in [2.75, 3.05) is 13.1 Å². The minimum Gasteiger partial charge on any atom is -0.393 e. The molecule has 2 atom stereocenters. The van der Waals surface area contributed by atoms with E-state index in [9.17, 15) is 13.9 Å². The summed E-state index contributed by atoms with van der Waals surface area (Å²) < 4.78 is 26.3. The largest absolute Gasteiger partial charge is 0.393 e. The first kappa shape index (κ1) is 11.5. The highest BCUT2D eigenvalue weighted by molar-refractivity contribution is 5.19. The number of hydrogen-bond acceptors (Lipinski definition) is 2. The van der Waals surface area contributed by atoms with E-state index in [1.54, 1.807) is 0 Å². The second-order valence-corrected chi connectivity index (χ2v) is 4.26. The molecule has 0 bridgehead atoms. The van der Waals surface area contributed by atoms with Gasteiger partial charge in [-0.25, -0.2) is 8.78 Å². The number of rotatable bonds is 2. The molecule has 16 heavy (non-hydrogen) atoms. The molecule has 1 fully saturated rings. The molecule has 1 aromatic carbocycles. The summed E-state index contributed by atoms with van der Waals surface area (Å²) in [5.41, 5.74) is 0.341. The lowest BCUT2D eigenvalue weighted by atomic mass is 9.89. The summed E-state index contributed by atoms with van der Waals surface area (Å²) in [5, 5.41) is 12.9. The topological polar surface area (TPSA) is 32.3 Å². The van der Waals surface area contributed by atoms with Crippen molar-refractivity contribution in [3.63, 3.8) is 0 Å². The lowest BCUT2D eigenvalue weighted by Crippen LogP contribution is -2.41. The van der Waals surface area contributed by atoms with Crippen LogP contribution in [0.4, 0.5) is 8.78 Å². The number of benzene rings is 1. The molecule has 0 aromatic heterocycles. The van der Waals surface area contributed by atoms with Gasteiger partial charge in [-0.05, 0) is 43.1 Å². The van der Waals surface area contributed by atoms with Crippen molar-refractivity contribution in [2.45, 2.75) is 18.9 Å². The van der Waals surface area contributed by atoms with Crippen molar-refractivity contribution in [3.05, 3.63) is 35.4 Å². The van der Waals surface area contributed by atoms with Crippen LogP contribution < -0.4 is 5.32 Å². The van der Waals surface area contributed by atoms with Crippen LogP contribution >= 0.6 is 0 Å². The number of nitrogens with one attached hydrogen (secondary N) is 1. The van der Waals surface area contributed by atoms with Crippen molar-refractivity contribution in [3.8, 4) is 0 Å². The zero-order valence-corrected chi connectivity index (χ0v) is 8.92. The molecule has 2 unspecified atom stereocenters. The average Bonchev–Trinajstić information content (AvgIpc) is 2.27. The molecule has 2 N–H and O–H groups in total. The van der Waals surface area contributed by atoms with Gasteiger partial charge in [-0.2, -0.15) is 0 Å². The van der Waals surface area contributed by atoms with Crippen LogP contribution in [-0.2, 0) is 6.42 Å². The lowest BCUT2D eigenvalue weighted by molar-refractivity contribution is 0.0787. The van der Waals surface area contributed by atoms with Gasteiger partial charge in [-0.15, -0.1) is 0 Å². The van der Waals surface area contributed by atoms with Crippen LogP contribution in [0.2, 0.25) is 0 Å². The fourth-order valence-electron chi connectivity index (χ4n) is 2.10. The minimum absolute atomic E-state index is 0.0370. The lowest BCUT2D eigenvalue weighted by Gasteiger charge is -2.28. The SMILES string of the molecule is OC1CCNCC1Cc1cc(F)ccc1F. The summed E-state index contributed by atoms with van der Waals surface area (Å²) in [4.78, 5) is 0. The van der Waals surface area contributed by atoms with Gasteiger partial charge in [0.2, 0.25) is 0 Å². The van der Waals surface area contributed by atoms with Gasteiger partial charge in [0.1, 0.15) is 11.6 Å². The molecular formula is C12H15F2NO. The monoisotopic (exact) mass is 227 g/mol. The average molecular weight is 227 g/mol. The van der Waals surface area contributed by atoms with Gasteiger partial charge in [-0.1, -0.05) is 0 Å². The molecule has 1 aromatic rings. The molecule has 88 valence electrons. The molecule has 1 heterocycles. The molecule has 1 saturated heterocycles. The molecule has 0 amide bonds. The normalized spacial score (nSPS) is 25.7. The number of halogens is 2. The van der Waals surface area contributed by atoms with E-state index in [1.807, 2.05) is 0 Å². The Morgan fingerprint density at radius 2 is 2.19 bits per heavy atom. The molecule has 2 rings (SSSR count). The molecule has 0 radical (unpaired) electrons. The maximum absolute atomic E-state index is 13.4. The number of aliphatic hydroxyl groups excluding tert-OH is 1. The molecule has 1 aliphatic rings. The smallest absolute Gasteiger partial charge is 0.126 e. The van der Waals surface area contributed by atoms with Crippen molar-refractivity contribution < 1.29 is 13.9 Å². The molecular weight excluding hydrogens is 212 g/mol. The molecule has 2 nitrogen and oxygen atoms in total. The molecule has 0 aliphatic carbocycles. The van der Waals surface area contributed by atoms with Crippen LogP contribution in [0, 0.1) is 17.6 Å². The Morgan fingerprint density at radius 3 is 2.94 bits per heavy atom. The van der Waals surface area contributed by atoms with Gasteiger partial charge in [0, 0.05) is 12.5 Å². The fraction of sp³-hybridized carbons (Fsp3) is 0.500. The minimum atomic E-state index is -0.436. The Kier molecular flexibility index (Phi) is 3.51. The Bertz CT molecular complexity index is 370. The summed E-state index contributed by atoms with van der Waals surface area (Å²) in [6, 6.07) is 3.44. The highest BCUT2D eigenvalue weighted by atomic mass is 19.1. The van der Waals surface area contributed by atoms with Crippen molar-refractivity contribution in [1.82, 2.24) is 5.32 Å². The van der Waals surface area contributed by atoms with E-state index in [1.165, 1.54) is 6.07 Å². The third kappa shape index (κ3) is 2.57. The quantitative estimate of drug-likeness (QED) is 0.802. The van der Waals surface area contributed by atoms with E-state index in [4.69, 9.17) is 0 Å². The van der Waals surface area contributed by atoms with Crippen molar-refractivity contribution in [2.24, 2.45) is 5.92 Å². The van der Waals surface area contributed by atoms with Gasteiger partial charge in [0.05, 0.1) is 6.10 Å². The first-order valence-electron chi connectivity index (χ1n) is 5.49. The van der Waals surface area contributed by atoms with E-state index >= 15 is 0 Å². The predicted octanol–water partition coefficient (Wildman–Crippen LogP) is 1.48. The van der Waals surface area contributed by atoms with Gasteiger partial charge in [0.15, 0.2) is 0 Å². The Labute approximate surface area is 93.3 Å². The predicted molar refractivity (Wildman–Crippen MR) is 57.0 cm³/mol. The third-order valence-corrected chi connectivity index (χ3v) is 3.06. The second-order valence-electron chi connectivity index (χ2n) is 4.26. The maximum atomic E-state index is 13.4.